The van der Waals surface area contributed by atoms with Crippen molar-refractivity contribution in [1.29, 1.82) is 0 Å². The Balaban J connectivity index is 2.58. The molecule has 5 nitrogen and oxygen atoms in total. The molecule has 19 heavy (non-hydrogen) atoms. The minimum absolute atomic E-state index is 0.211. The number of nitrogens with one attached hydrogen (secondary N) is 1. The van der Waals surface area contributed by atoms with Crippen molar-refractivity contribution in [3.05, 3.63) is 23.5 Å². The molecule has 0 bridgehead atoms. The molecule has 106 valence electrons. The summed E-state index contributed by atoms with van der Waals surface area (Å²) >= 11 is 0. The fourth-order valence-corrected chi connectivity index (χ4v) is 1.74. The van der Waals surface area contributed by atoms with Crippen molar-refractivity contribution in [1.82, 2.24) is 0 Å². The largest absolute Gasteiger partial charge is 0.478 e. The zero-order valence-electron chi connectivity index (χ0n) is 10.9. The number of nitrogens with two attached hydrogens (primary N) is 1. The predicted molar refractivity (Wildman–Crippen MR) is 72.0 cm³/mol. The highest BCUT2D eigenvalue weighted by molar-refractivity contribution is 6.00. The van der Waals surface area contributed by atoms with Crippen LogP contribution in [0.3, 0.4) is 0 Å². The molecule has 0 aliphatic rings. The van der Waals surface area contributed by atoms with Crippen LogP contribution in [0.25, 0.3) is 0 Å². The van der Waals surface area contributed by atoms with E-state index < -0.39 is 11.8 Å². The Labute approximate surface area is 111 Å². The summed E-state index contributed by atoms with van der Waals surface area (Å²) in [7, 11) is 1.65. The Morgan fingerprint density at radius 3 is 2.79 bits per heavy atom. The number of carboxylic acids is 1. The van der Waals surface area contributed by atoms with Gasteiger partial charge in [0.15, 0.2) is 0 Å². The molecule has 0 spiro atoms. The molecule has 0 aliphatic heterocycles. The summed E-state index contributed by atoms with van der Waals surface area (Å²) in [6.45, 7) is 1.32. The van der Waals surface area contributed by atoms with Crippen molar-refractivity contribution in [2.75, 3.05) is 31.3 Å². The molecule has 1 aromatic carbocycles. The van der Waals surface area contributed by atoms with Gasteiger partial charge in [0.25, 0.3) is 0 Å². The molecule has 0 saturated carbocycles. The average molecular weight is 270 g/mol. The normalized spacial score (nSPS) is 10.4. The lowest BCUT2D eigenvalue weighted by Gasteiger charge is -2.12. The fourth-order valence-electron chi connectivity index (χ4n) is 1.74. The monoisotopic (exact) mass is 270 g/mol. The molecule has 0 aliphatic carbocycles. The highest BCUT2D eigenvalue weighted by atomic mass is 19.1. The van der Waals surface area contributed by atoms with Crippen molar-refractivity contribution in [2.45, 2.75) is 19.3 Å². The second-order valence-corrected chi connectivity index (χ2v) is 4.17. The Morgan fingerprint density at radius 2 is 2.16 bits per heavy atom. The van der Waals surface area contributed by atoms with Crippen molar-refractivity contribution in [3.8, 4) is 0 Å². The lowest BCUT2D eigenvalue weighted by atomic mass is 10.1. The van der Waals surface area contributed by atoms with E-state index in [4.69, 9.17) is 15.6 Å². The van der Waals surface area contributed by atoms with Crippen molar-refractivity contribution in [2.24, 2.45) is 0 Å². The standard InChI is InChI=1S/C13H19FN2O3/c1-19-8-4-2-3-7-16-10-6-5-9(14)12(15)11(10)13(17)18/h5-6,16H,2-4,7-8,15H2,1H3,(H,17,18). The molecule has 0 fully saturated rings. The molecule has 0 radical (unpaired) electrons. The van der Waals surface area contributed by atoms with E-state index in [-0.39, 0.29) is 11.3 Å². The van der Waals surface area contributed by atoms with Gasteiger partial charge in [-0.05, 0) is 31.4 Å². The first-order valence-electron chi connectivity index (χ1n) is 6.12. The van der Waals surface area contributed by atoms with E-state index >= 15 is 0 Å². The molecule has 1 aromatic rings. The summed E-state index contributed by atoms with van der Waals surface area (Å²) in [4.78, 5) is 11.1. The minimum atomic E-state index is -1.24. The maximum absolute atomic E-state index is 13.2. The third-order valence-corrected chi connectivity index (χ3v) is 2.75. The molecule has 0 unspecified atom stereocenters. The van der Waals surface area contributed by atoms with E-state index in [1.165, 1.54) is 6.07 Å². The summed E-state index contributed by atoms with van der Waals surface area (Å²) in [5.74, 6) is -1.96. The Morgan fingerprint density at radius 1 is 1.42 bits per heavy atom. The second kappa shape index (κ2) is 7.58. The SMILES string of the molecule is COCCCCCNc1ccc(F)c(N)c1C(=O)O. The maximum atomic E-state index is 13.2. The Bertz CT molecular complexity index is 438. The van der Waals surface area contributed by atoms with Crippen LogP contribution in [0.5, 0.6) is 0 Å². The molecule has 1 rings (SSSR count). The number of nitrogen functional groups attached to an aromatic ring is 1. The van der Waals surface area contributed by atoms with Gasteiger partial charge in [0.1, 0.15) is 11.4 Å². The van der Waals surface area contributed by atoms with Gasteiger partial charge < -0.3 is 20.9 Å². The van der Waals surface area contributed by atoms with E-state index in [0.717, 1.165) is 25.3 Å². The van der Waals surface area contributed by atoms with Gasteiger partial charge in [-0.25, -0.2) is 9.18 Å². The number of hydrogen-bond donors (Lipinski definition) is 3. The Hall–Kier alpha value is -1.82. The van der Waals surface area contributed by atoms with Crippen LogP contribution in [0.1, 0.15) is 29.6 Å². The van der Waals surface area contributed by atoms with Crippen LogP contribution in [0, 0.1) is 5.82 Å². The zero-order chi connectivity index (χ0) is 14.3. The van der Waals surface area contributed by atoms with Gasteiger partial charge in [-0.2, -0.15) is 0 Å². The third kappa shape index (κ3) is 4.40. The molecule has 0 heterocycles. The number of hydrogen-bond acceptors (Lipinski definition) is 4. The summed E-state index contributed by atoms with van der Waals surface area (Å²) in [6.07, 6.45) is 2.80. The molecule has 6 heteroatoms. The maximum Gasteiger partial charge on any atom is 0.340 e. The summed E-state index contributed by atoms with van der Waals surface area (Å²) < 4.78 is 18.1. The van der Waals surface area contributed by atoms with Gasteiger partial charge in [0.2, 0.25) is 0 Å². The second-order valence-electron chi connectivity index (χ2n) is 4.17. The molecule has 0 amide bonds. The van der Waals surface area contributed by atoms with Gasteiger partial charge in [-0.15, -0.1) is 0 Å². The number of benzene rings is 1. The van der Waals surface area contributed by atoms with E-state index in [0.29, 0.717) is 18.8 Å². The molecule has 4 N–H and O–H groups in total. The van der Waals surface area contributed by atoms with Gasteiger partial charge in [0, 0.05) is 20.3 Å². The van der Waals surface area contributed by atoms with Crippen LogP contribution in [-0.2, 0) is 4.74 Å². The highest BCUT2D eigenvalue weighted by Crippen LogP contribution is 2.25. The molecule has 0 aromatic heterocycles. The van der Waals surface area contributed by atoms with Crippen molar-refractivity contribution in [3.63, 3.8) is 0 Å². The quantitative estimate of drug-likeness (QED) is 0.498. The van der Waals surface area contributed by atoms with E-state index in [1.807, 2.05) is 0 Å². The van der Waals surface area contributed by atoms with Crippen LogP contribution in [0.4, 0.5) is 15.8 Å². The summed E-state index contributed by atoms with van der Waals surface area (Å²) in [5.41, 5.74) is 5.24. The number of ether oxygens (including phenoxy) is 1. The molecule has 0 atom stereocenters. The van der Waals surface area contributed by atoms with Crippen molar-refractivity contribution < 1.29 is 19.0 Å². The topological polar surface area (TPSA) is 84.6 Å². The number of methoxy groups -OCH3 is 1. The predicted octanol–water partition coefficient (Wildman–Crippen LogP) is 2.33. The van der Waals surface area contributed by atoms with Crippen LogP contribution in [0.2, 0.25) is 0 Å². The molecular weight excluding hydrogens is 251 g/mol. The van der Waals surface area contributed by atoms with Gasteiger partial charge in [0.05, 0.1) is 11.4 Å². The number of halogens is 1. The van der Waals surface area contributed by atoms with E-state index in [1.54, 1.807) is 7.11 Å². The molecule has 0 saturated heterocycles. The highest BCUT2D eigenvalue weighted by Gasteiger charge is 2.16. The first-order valence-corrected chi connectivity index (χ1v) is 6.12. The van der Waals surface area contributed by atoms with Crippen LogP contribution >= 0.6 is 0 Å². The lowest BCUT2D eigenvalue weighted by Crippen LogP contribution is -2.11. The summed E-state index contributed by atoms with van der Waals surface area (Å²) in [6, 6.07) is 2.55. The fraction of sp³-hybridized carbons (Fsp3) is 0.462. The van der Waals surface area contributed by atoms with Crippen molar-refractivity contribution >= 4 is 17.3 Å². The average Bonchev–Trinajstić information content (AvgIpc) is 2.37. The number of anilines is 2. The lowest BCUT2D eigenvalue weighted by molar-refractivity contribution is 0.0698. The van der Waals surface area contributed by atoms with Crippen LogP contribution in [-0.4, -0.2) is 31.3 Å². The van der Waals surface area contributed by atoms with Gasteiger partial charge >= 0.3 is 5.97 Å². The van der Waals surface area contributed by atoms with Gasteiger partial charge in [-0.1, -0.05) is 0 Å². The van der Waals surface area contributed by atoms with E-state index in [9.17, 15) is 9.18 Å². The van der Waals surface area contributed by atoms with E-state index in [2.05, 4.69) is 5.32 Å². The van der Waals surface area contributed by atoms with Crippen LogP contribution < -0.4 is 11.1 Å². The smallest absolute Gasteiger partial charge is 0.340 e. The number of rotatable bonds is 8. The van der Waals surface area contributed by atoms with Crippen LogP contribution in [0.15, 0.2) is 12.1 Å². The molecular formula is C13H19FN2O3. The minimum Gasteiger partial charge on any atom is -0.478 e. The summed E-state index contributed by atoms with van der Waals surface area (Å²) in [5, 5.41) is 12.0. The zero-order valence-corrected chi connectivity index (χ0v) is 10.9. The Kier molecular flexibility index (Phi) is 6.08. The first kappa shape index (κ1) is 15.2. The number of carbonyl (C=O) groups is 1. The first-order chi connectivity index (χ1) is 9.07. The number of carboxylic acid groups (broad SMARTS) is 1. The number of aromatic carboxylic acids is 1. The third-order valence-electron chi connectivity index (χ3n) is 2.75. The number of unbranched alkanes of at least 4 members (excludes halogenated alkanes) is 2. The van der Waals surface area contributed by atoms with Gasteiger partial charge in [-0.3, -0.25) is 0 Å².